The molecule has 18 heavy (non-hydrogen) atoms. The fraction of sp³-hybridized carbons (Fsp3) is 0.0833. The van der Waals surface area contributed by atoms with E-state index in [9.17, 15) is 9.50 Å². The van der Waals surface area contributed by atoms with E-state index in [2.05, 4.69) is 4.98 Å². The Bertz CT molecular complexity index is 604. The molecule has 2 nitrogen and oxygen atoms in total. The van der Waals surface area contributed by atoms with Gasteiger partial charge in [-0.15, -0.1) is 0 Å². The quantitative estimate of drug-likeness (QED) is 0.661. The highest BCUT2D eigenvalue weighted by atomic mass is 35.5. The van der Waals surface area contributed by atoms with Crippen molar-refractivity contribution in [2.75, 3.05) is 0 Å². The number of hydrogen-bond acceptors (Lipinski definition) is 2. The average Bonchev–Trinajstić information content (AvgIpc) is 2.36. The van der Waals surface area contributed by atoms with E-state index >= 15 is 0 Å². The summed E-state index contributed by atoms with van der Waals surface area (Å²) in [6, 6.07) is 5.73. The van der Waals surface area contributed by atoms with Crippen molar-refractivity contribution in [3.8, 4) is 11.3 Å². The van der Waals surface area contributed by atoms with E-state index in [-0.39, 0.29) is 22.3 Å². The second-order valence-corrected chi connectivity index (χ2v) is 4.69. The van der Waals surface area contributed by atoms with E-state index in [0.717, 1.165) is 0 Å². The lowest BCUT2D eigenvalue weighted by molar-refractivity contribution is 0.281. The highest BCUT2D eigenvalue weighted by Gasteiger charge is 2.15. The fourth-order valence-corrected chi connectivity index (χ4v) is 2.16. The maximum absolute atomic E-state index is 13.2. The molecule has 1 aromatic heterocycles. The minimum atomic E-state index is -0.663. The van der Waals surface area contributed by atoms with Crippen molar-refractivity contribution < 1.29 is 9.50 Å². The first kappa shape index (κ1) is 13.6. The van der Waals surface area contributed by atoms with Gasteiger partial charge in [-0.3, -0.25) is 0 Å². The number of rotatable bonds is 2. The number of aliphatic hydroxyl groups is 1. The Kier molecular flexibility index (Phi) is 4.07. The van der Waals surface area contributed by atoms with Crippen molar-refractivity contribution in [2.24, 2.45) is 0 Å². The first-order valence-corrected chi connectivity index (χ1v) is 6.08. The molecule has 6 heteroatoms. The van der Waals surface area contributed by atoms with Crippen LogP contribution in [0.5, 0.6) is 0 Å². The van der Waals surface area contributed by atoms with Crippen molar-refractivity contribution >= 4 is 34.8 Å². The average molecular weight is 307 g/mol. The predicted octanol–water partition coefficient (Wildman–Crippen LogP) is 4.34. The molecular formula is C12H7Cl3FNO. The number of benzene rings is 1. The molecule has 2 aromatic rings. The normalized spacial score (nSPS) is 10.7. The van der Waals surface area contributed by atoms with Gasteiger partial charge < -0.3 is 5.11 Å². The van der Waals surface area contributed by atoms with Crippen LogP contribution in [0.2, 0.25) is 15.1 Å². The monoisotopic (exact) mass is 305 g/mol. The van der Waals surface area contributed by atoms with Crippen LogP contribution in [0.4, 0.5) is 4.39 Å². The summed E-state index contributed by atoms with van der Waals surface area (Å²) in [5.41, 5.74) is 1.13. The molecule has 1 aromatic carbocycles. The van der Waals surface area contributed by atoms with Gasteiger partial charge in [-0.05, 0) is 24.3 Å². The van der Waals surface area contributed by atoms with Crippen molar-refractivity contribution in [3.05, 3.63) is 50.8 Å². The number of nitrogens with zero attached hydrogens (tertiary/aromatic N) is 1. The molecule has 0 fully saturated rings. The minimum Gasteiger partial charge on any atom is -0.392 e. The SMILES string of the molecule is OCc1ccc(F)nc1-c1ccc(Cl)c(Cl)c1Cl. The van der Waals surface area contributed by atoms with Gasteiger partial charge in [-0.1, -0.05) is 34.8 Å². The number of aliphatic hydroxyl groups excluding tert-OH is 1. The van der Waals surface area contributed by atoms with Crippen LogP contribution in [0.3, 0.4) is 0 Å². The van der Waals surface area contributed by atoms with Crippen molar-refractivity contribution in [1.29, 1.82) is 0 Å². The molecule has 1 heterocycles. The van der Waals surface area contributed by atoms with Crippen LogP contribution in [0.25, 0.3) is 11.3 Å². The lowest BCUT2D eigenvalue weighted by Crippen LogP contribution is -1.96. The Morgan fingerprint density at radius 3 is 2.44 bits per heavy atom. The summed E-state index contributed by atoms with van der Waals surface area (Å²) in [5.74, 6) is -0.663. The molecule has 0 saturated carbocycles. The summed E-state index contributed by atoms with van der Waals surface area (Å²) < 4.78 is 13.2. The zero-order valence-corrected chi connectivity index (χ0v) is 11.2. The van der Waals surface area contributed by atoms with Crippen LogP contribution < -0.4 is 0 Å². The molecule has 0 unspecified atom stereocenters. The summed E-state index contributed by atoms with van der Waals surface area (Å²) in [6.45, 7) is -0.279. The molecule has 0 saturated heterocycles. The summed E-state index contributed by atoms with van der Waals surface area (Å²) >= 11 is 17.8. The standard InChI is InChI=1S/C12H7Cl3FNO/c13-8-3-2-7(10(14)11(8)15)12-6(5-18)1-4-9(16)17-12/h1-4,18H,5H2. The van der Waals surface area contributed by atoms with Crippen LogP contribution in [0.15, 0.2) is 24.3 Å². The Hall–Kier alpha value is -0.870. The molecule has 0 aliphatic heterocycles. The van der Waals surface area contributed by atoms with Gasteiger partial charge in [0.15, 0.2) is 0 Å². The number of aromatic nitrogens is 1. The van der Waals surface area contributed by atoms with Gasteiger partial charge in [0, 0.05) is 11.1 Å². The molecule has 0 atom stereocenters. The van der Waals surface area contributed by atoms with E-state index < -0.39 is 5.95 Å². The fourth-order valence-electron chi connectivity index (χ4n) is 1.53. The molecule has 0 bridgehead atoms. The molecule has 1 N–H and O–H groups in total. The van der Waals surface area contributed by atoms with E-state index in [1.807, 2.05) is 0 Å². The van der Waals surface area contributed by atoms with Gasteiger partial charge in [0.05, 0.1) is 27.4 Å². The first-order valence-electron chi connectivity index (χ1n) is 4.94. The largest absolute Gasteiger partial charge is 0.392 e. The van der Waals surface area contributed by atoms with E-state index in [1.54, 1.807) is 12.1 Å². The van der Waals surface area contributed by atoms with Gasteiger partial charge >= 0.3 is 0 Å². The Labute approximate surface area is 118 Å². The van der Waals surface area contributed by atoms with Gasteiger partial charge in [0.2, 0.25) is 5.95 Å². The molecule has 0 amide bonds. The van der Waals surface area contributed by atoms with Crippen molar-refractivity contribution in [3.63, 3.8) is 0 Å². The van der Waals surface area contributed by atoms with Crippen LogP contribution in [0.1, 0.15) is 5.56 Å². The van der Waals surface area contributed by atoms with Gasteiger partial charge in [-0.25, -0.2) is 4.98 Å². The highest BCUT2D eigenvalue weighted by molar-refractivity contribution is 6.49. The molecule has 0 aliphatic rings. The zero-order chi connectivity index (χ0) is 13.3. The smallest absolute Gasteiger partial charge is 0.213 e. The third kappa shape index (κ3) is 2.45. The number of pyridine rings is 1. The molecule has 2 rings (SSSR count). The predicted molar refractivity (Wildman–Crippen MR) is 70.6 cm³/mol. The van der Waals surface area contributed by atoms with Crippen molar-refractivity contribution in [1.82, 2.24) is 4.98 Å². The number of hydrogen-bond donors (Lipinski definition) is 1. The highest BCUT2D eigenvalue weighted by Crippen LogP contribution is 2.38. The van der Waals surface area contributed by atoms with E-state index in [4.69, 9.17) is 34.8 Å². The van der Waals surface area contributed by atoms with Gasteiger partial charge in [-0.2, -0.15) is 4.39 Å². The lowest BCUT2D eigenvalue weighted by atomic mass is 10.1. The van der Waals surface area contributed by atoms with E-state index in [1.165, 1.54) is 12.1 Å². The Balaban J connectivity index is 2.69. The summed E-state index contributed by atoms with van der Waals surface area (Å²) in [5, 5.41) is 9.87. The molecule has 0 spiro atoms. The molecule has 0 aliphatic carbocycles. The zero-order valence-electron chi connectivity index (χ0n) is 8.92. The van der Waals surface area contributed by atoms with Crippen LogP contribution in [0, 0.1) is 5.95 Å². The van der Waals surface area contributed by atoms with Gasteiger partial charge in [0.25, 0.3) is 0 Å². The third-order valence-corrected chi connectivity index (χ3v) is 3.70. The summed E-state index contributed by atoms with van der Waals surface area (Å²) in [7, 11) is 0. The van der Waals surface area contributed by atoms with Crippen LogP contribution >= 0.6 is 34.8 Å². The van der Waals surface area contributed by atoms with Gasteiger partial charge in [0.1, 0.15) is 0 Å². The summed E-state index contributed by atoms with van der Waals surface area (Å²) in [6.07, 6.45) is 0. The minimum absolute atomic E-state index is 0.172. The van der Waals surface area contributed by atoms with Crippen LogP contribution in [-0.2, 0) is 6.61 Å². The summed E-state index contributed by atoms with van der Waals surface area (Å²) in [4.78, 5) is 3.73. The Morgan fingerprint density at radius 2 is 1.78 bits per heavy atom. The Morgan fingerprint density at radius 1 is 1.06 bits per heavy atom. The molecule has 0 radical (unpaired) electrons. The second kappa shape index (κ2) is 5.41. The second-order valence-electron chi connectivity index (χ2n) is 3.52. The lowest BCUT2D eigenvalue weighted by Gasteiger charge is -2.10. The van der Waals surface area contributed by atoms with E-state index in [0.29, 0.717) is 16.1 Å². The molecular weight excluding hydrogens is 299 g/mol. The third-order valence-electron chi connectivity index (χ3n) is 2.41. The maximum atomic E-state index is 13.2. The van der Waals surface area contributed by atoms with Crippen LogP contribution in [-0.4, -0.2) is 10.1 Å². The van der Waals surface area contributed by atoms with Crippen molar-refractivity contribution in [2.45, 2.75) is 6.61 Å². The first-order chi connectivity index (χ1) is 8.54. The topological polar surface area (TPSA) is 33.1 Å². The maximum Gasteiger partial charge on any atom is 0.213 e. The molecule has 94 valence electrons. The number of halogens is 4.